The molecular weight excluding hydrogens is 437 g/mol. The Labute approximate surface area is 185 Å². The van der Waals surface area contributed by atoms with Gasteiger partial charge in [-0.05, 0) is 43.8 Å². The van der Waals surface area contributed by atoms with Crippen LogP contribution in [0.5, 0.6) is 0 Å². The first kappa shape index (κ1) is 21.2. The van der Waals surface area contributed by atoms with E-state index in [1.54, 1.807) is 28.7 Å². The van der Waals surface area contributed by atoms with Crippen molar-refractivity contribution in [3.63, 3.8) is 0 Å². The Kier molecular flexibility index (Phi) is 4.93. The first-order valence-electron chi connectivity index (χ1n) is 10.7. The van der Waals surface area contributed by atoms with Crippen molar-refractivity contribution >= 4 is 27.7 Å². The van der Waals surface area contributed by atoms with Gasteiger partial charge in [0.2, 0.25) is 10.0 Å². The molecule has 11 heteroatoms. The second kappa shape index (κ2) is 7.45. The lowest BCUT2D eigenvalue weighted by atomic mass is 9.99. The Morgan fingerprint density at radius 3 is 2.66 bits per heavy atom. The third-order valence-corrected chi connectivity index (χ3v) is 8.07. The van der Waals surface area contributed by atoms with Gasteiger partial charge in [-0.3, -0.25) is 4.68 Å². The molecule has 1 aromatic rings. The number of rotatable bonds is 8. The number of imide groups is 1. The Bertz CT molecular complexity index is 1190. The van der Waals surface area contributed by atoms with E-state index in [0.717, 1.165) is 17.7 Å². The van der Waals surface area contributed by atoms with E-state index >= 15 is 0 Å². The number of amides is 3. The molecule has 2 fully saturated rings. The number of hydrogen-bond acceptors (Lipinski definition) is 5. The van der Waals surface area contributed by atoms with Gasteiger partial charge in [-0.2, -0.15) is 19.4 Å². The molecule has 0 bridgehead atoms. The number of fused-ring (bicyclic) bond motifs is 1. The molecule has 3 aliphatic carbocycles. The van der Waals surface area contributed by atoms with E-state index in [2.05, 4.69) is 9.82 Å². The number of allylic oxidation sites excluding steroid dienone is 1. The van der Waals surface area contributed by atoms with Crippen molar-refractivity contribution in [1.29, 1.82) is 0 Å². The lowest BCUT2D eigenvalue weighted by molar-refractivity contribution is -0.440. The Hall–Kier alpha value is -2.66. The molecule has 4 aliphatic rings. The number of nitrogens with zero attached hydrogens (tertiary/aromatic N) is 4. The van der Waals surface area contributed by atoms with Crippen LogP contribution < -0.4 is 4.72 Å². The second-order valence-electron chi connectivity index (χ2n) is 9.10. The number of halogens is 1. The summed E-state index contributed by atoms with van der Waals surface area (Å²) in [7, 11) is -2.19. The van der Waals surface area contributed by atoms with Crippen molar-refractivity contribution in [2.24, 2.45) is 13.0 Å². The summed E-state index contributed by atoms with van der Waals surface area (Å²) in [6.45, 7) is -0.243. The quantitative estimate of drug-likeness (QED) is 0.581. The van der Waals surface area contributed by atoms with Gasteiger partial charge in [0.05, 0.1) is 18.3 Å². The summed E-state index contributed by atoms with van der Waals surface area (Å²) in [6.07, 6.45) is 10.6. The van der Waals surface area contributed by atoms with Crippen LogP contribution in [0.1, 0.15) is 31.2 Å². The van der Waals surface area contributed by atoms with Crippen molar-refractivity contribution in [3.05, 3.63) is 41.8 Å². The van der Waals surface area contributed by atoms with Crippen LogP contribution >= 0.6 is 0 Å². The maximum atomic E-state index is 13.3. The van der Waals surface area contributed by atoms with Crippen LogP contribution in [0.25, 0.3) is 0 Å². The molecule has 0 aromatic carbocycles. The summed E-state index contributed by atoms with van der Waals surface area (Å²) in [5, 5.41) is 2.97. The van der Waals surface area contributed by atoms with Crippen LogP contribution in [0.2, 0.25) is 0 Å². The Balaban J connectivity index is 1.50. The highest BCUT2D eigenvalue weighted by atomic mass is 32.2. The lowest BCUT2D eigenvalue weighted by Gasteiger charge is -2.26. The first-order chi connectivity index (χ1) is 15.2. The minimum absolute atomic E-state index is 0.0433. The fourth-order valence-corrected chi connectivity index (χ4v) is 5.66. The summed E-state index contributed by atoms with van der Waals surface area (Å²) in [4.78, 5) is 27.7. The third-order valence-electron chi connectivity index (χ3n) is 6.34. The molecule has 3 amide bonds. The van der Waals surface area contributed by atoms with Crippen LogP contribution in [0, 0.1) is 5.92 Å². The minimum Gasteiger partial charge on any atom is -0.275 e. The van der Waals surface area contributed by atoms with Gasteiger partial charge < -0.3 is 0 Å². The number of carbonyl (C=O) groups excluding carboxylic acids is 2. The van der Waals surface area contributed by atoms with Crippen LogP contribution in [0.3, 0.4) is 0 Å². The van der Waals surface area contributed by atoms with Crippen molar-refractivity contribution in [1.82, 2.24) is 19.4 Å². The highest BCUT2D eigenvalue weighted by Gasteiger charge is 2.50. The molecule has 0 saturated heterocycles. The summed E-state index contributed by atoms with van der Waals surface area (Å²) < 4.78 is 44.7. The van der Waals surface area contributed by atoms with Crippen LogP contribution in [0.15, 0.2) is 36.2 Å². The van der Waals surface area contributed by atoms with Crippen molar-refractivity contribution in [3.8, 4) is 0 Å². The standard InChI is InChI=1S/C21H25FN5O4S/c1-25-10-15(9-23-25)12-27-19(28)17-8-16(32(30,31)24-21(13-22)6-7-21)4-5-18(17)26(20(27)29)11-14-2-3-14/h4-5,8-10,14,16,24H,2-3,6-7,11-13H2,1H3/q+1. The van der Waals surface area contributed by atoms with E-state index in [-0.39, 0.29) is 12.1 Å². The predicted molar refractivity (Wildman–Crippen MR) is 113 cm³/mol. The second-order valence-corrected chi connectivity index (χ2v) is 10.9. The van der Waals surface area contributed by atoms with Crippen LogP contribution in [0.4, 0.5) is 9.18 Å². The van der Waals surface area contributed by atoms with Gasteiger partial charge in [0, 0.05) is 18.8 Å². The topological polar surface area (TPSA) is 104 Å². The zero-order valence-corrected chi connectivity index (χ0v) is 18.5. The molecule has 2 saturated carbocycles. The zero-order valence-electron chi connectivity index (χ0n) is 17.7. The Morgan fingerprint density at radius 2 is 2.06 bits per heavy atom. The molecular formula is C21H25FN5O4S+. The monoisotopic (exact) mass is 462 g/mol. The van der Waals surface area contributed by atoms with Crippen molar-refractivity contribution in [2.75, 3.05) is 13.2 Å². The normalized spacial score (nSPS) is 24.6. The molecule has 9 nitrogen and oxygen atoms in total. The molecule has 170 valence electrons. The molecule has 32 heavy (non-hydrogen) atoms. The molecule has 0 spiro atoms. The molecule has 1 unspecified atom stereocenters. The number of sulfonamides is 1. The molecule has 1 aromatic heterocycles. The number of aryl methyl sites for hydroxylation is 1. The number of hydrogen-bond donors (Lipinski definition) is 1. The van der Waals surface area contributed by atoms with Crippen LogP contribution in [-0.4, -0.2) is 69.3 Å². The maximum absolute atomic E-state index is 13.3. The van der Waals surface area contributed by atoms with Gasteiger partial charge in [-0.15, -0.1) is 0 Å². The fraction of sp³-hybridized carbons (Fsp3) is 0.524. The van der Waals surface area contributed by atoms with Crippen molar-refractivity contribution in [2.45, 2.75) is 43.0 Å². The molecule has 0 radical (unpaired) electrons. The molecule has 2 heterocycles. The highest BCUT2D eigenvalue weighted by Crippen LogP contribution is 2.37. The maximum Gasteiger partial charge on any atom is 0.501 e. The lowest BCUT2D eigenvalue weighted by Crippen LogP contribution is -2.52. The SMILES string of the molecule is Cn1cc(CN2C(=O)C3=CC(S(=O)(=O)NC4(CF)CC4)C=CC3=[N+](CC3CC3)C2=O)cn1. The summed E-state index contributed by atoms with van der Waals surface area (Å²) >= 11 is 0. The number of nitrogens with one attached hydrogen (secondary N) is 1. The summed E-state index contributed by atoms with van der Waals surface area (Å²) in [5.74, 6) is -0.172. The van der Waals surface area contributed by atoms with E-state index in [4.69, 9.17) is 0 Å². The predicted octanol–water partition coefficient (Wildman–Crippen LogP) is 1.03. The van der Waals surface area contributed by atoms with E-state index in [1.165, 1.54) is 18.2 Å². The fourth-order valence-electron chi connectivity index (χ4n) is 4.07. The summed E-state index contributed by atoms with van der Waals surface area (Å²) in [5.41, 5.74) is 0.274. The van der Waals surface area contributed by atoms with Gasteiger partial charge in [0.1, 0.15) is 29.8 Å². The number of carbonyl (C=O) groups is 2. The van der Waals surface area contributed by atoms with Crippen LogP contribution in [-0.2, 0) is 28.4 Å². The molecule has 1 aliphatic heterocycles. The molecule has 5 rings (SSSR count). The molecule has 1 N–H and O–H groups in total. The van der Waals surface area contributed by atoms with Gasteiger partial charge in [-0.1, -0.05) is 6.08 Å². The van der Waals surface area contributed by atoms with Gasteiger partial charge in [0.25, 0.3) is 0 Å². The Morgan fingerprint density at radius 1 is 1.31 bits per heavy atom. The van der Waals surface area contributed by atoms with Gasteiger partial charge >= 0.3 is 11.9 Å². The average Bonchev–Trinajstić information content (AvgIpc) is 3.69. The van der Waals surface area contributed by atoms with Gasteiger partial charge in [0.15, 0.2) is 0 Å². The molecule has 1 atom stereocenters. The number of alkyl halides is 1. The zero-order chi connectivity index (χ0) is 22.7. The van der Waals surface area contributed by atoms with Crippen molar-refractivity contribution < 1.29 is 27.0 Å². The van der Waals surface area contributed by atoms with Gasteiger partial charge in [-0.25, -0.2) is 22.3 Å². The van der Waals surface area contributed by atoms with E-state index in [0.29, 0.717) is 36.6 Å². The smallest absolute Gasteiger partial charge is 0.275 e. The number of urea groups is 1. The third kappa shape index (κ3) is 3.83. The van der Waals surface area contributed by atoms with E-state index < -0.39 is 39.4 Å². The summed E-state index contributed by atoms with van der Waals surface area (Å²) in [6, 6.07) is -0.420. The highest BCUT2D eigenvalue weighted by molar-refractivity contribution is 7.90. The first-order valence-corrected chi connectivity index (χ1v) is 12.2. The number of aromatic nitrogens is 2. The van der Waals surface area contributed by atoms with E-state index in [1.807, 2.05) is 0 Å². The van der Waals surface area contributed by atoms with E-state index in [9.17, 15) is 22.4 Å². The average molecular weight is 463 g/mol. The minimum atomic E-state index is -3.93. The largest absolute Gasteiger partial charge is 0.501 e.